The summed E-state index contributed by atoms with van der Waals surface area (Å²) in [6, 6.07) is 26.0. The Morgan fingerprint density at radius 2 is 1.66 bits per heavy atom. The fourth-order valence-electron chi connectivity index (χ4n) is 5.38. The van der Waals surface area contributed by atoms with Crippen LogP contribution in [0, 0.1) is 5.41 Å². The Bertz CT molecular complexity index is 1850. The van der Waals surface area contributed by atoms with Crippen LogP contribution in [0.5, 0.6) is 5.75 Å². The van der Waals surface area contributed by atoms with Crippen molar-refractivity contribution in [3.63, 3.8) is 0 Å². The molecule has 44 heavy (non-hydrogen) atoms. The van der Waals surface area contributed by atoms with Gasteiger partial charge in [0.15, 0.2) is 0 Å². The minimum atomic E-state index is -0.995. The van der Waals surface area contributed by atoms with Gasteiger partial charge in [-0.3, -0.25) is 4.79 Å². The Hall–Kier alpha value is -4.21. The molecule has 0 saturated carbocycles. The zero-order valence-electron chi connectivity index (χ0n) is 26.1. The zero-order valence-corrected chi connectivity index (χ0v) is 26.1. The fourth-order valence-corrected chi connectivity index (χ4v) is 5.38. The van der Waals surface area contributed by atoms with Gasteiger partial charge < -0.3 is 23.7 Å². The molecule has 0 aliphatic carbocycles. The van der Waals surface area contributed by atoms with Crippen molar-refractivity contribution in [2.75, 3.05) is 0 Å². The first kappa shape index (κ1) is 29.8. The molecule has 1 N–H and O–H groups in total. The van der Waals surface area contributed by atoms with Gasteiger partial charge in [-0.15, -0.1) is 0 Å². The lowest BCUT2D eigenvalue weighted by molar-refractivity contribution is -0.146. The number of aliphatic carboxylic acids is 1. The SMILES string of the molecule is CC(C)(Cc1nc2cc(OCc3ccc4ccccc4n3)ccc2n1Cc1cccc(B2OC(C)(C)C(C)(C)O2)c1)C(=O)O. The highest BCUT2D eigenvalue weighted by Crippen LogP contribution is 2.36. The van der Waals surface area contributed by atoms with Gasteiger partial charge in [-0.25, -0.2) is 9.97 Å². The lowest BCUT2D eigenvalue weighted by Crippen LogP contribution is -2.41. The number of ether oxygens (including phenoxy) is 1. The summed E-state index contributed by atoms with van der Waals surface area (Å²) in [6.07, 6.45) is 0.269. The minimum absolute atomic E-state index is 0.269. The van der Waals surface area contributed by atoms with E-state index in [-0.39, 0.29) is 6.42 Å². The van der Waals surface area contributed by atoms with Gasteiger partial charge in [0.1, 0.15) is 18.2 Å². The Labute approximate surface area is 258 Å². The monoisotopic (exact) mass is 591 g/mol. The molecule has 2 aromatic heterocycles. The van der Waals surface area contributed by atoms with Gasteiger partial charge in [-0.05, 0) is 76.8 Å². The fraction of sp³-hybridized carbons (Fsp3) is 0.343. The first-order valence-electron chi connectivity index (χ1n) is 15.0. The number of imidazole rings is 1. The van der Waals surface area contributed by atoms with Crippen LogP contribution in [0.15, 0.2) is 78.9 Å². The minimum Gasteiger partial charge on any atom is -0.487 e. The number of aromatic nitrogens is 3. The lowest BCUT2D eigenvalue weighted by atomic mass is 9.78. The van der Waals surface area contributed by atoms with Crippen molar-refractivity contribution in [1.82, 2.24) is 14.5 Å². The van der Waals surface area contributed by atoms with Crippen LogP contribution in [0.1, 0.15) is 58.6 Å². The normalized spacial score (nSPS) is 16.1. The van der Waals surface area contributed by atoms with Crippen molar-refractivity contribution in [2.45, 2.75) is 72.3 Å². The molecule has 0 spiro atoms. The standard InChI is InChI=1S/C35H38BN3O5/c1-33(2,32(40)41)20-31-38-29-19-27(42-22-26-15-14-24-11-7-8-13-28(24)37-26)16-17-30(29)39(31)21-23-10-9-12-25(18-23)36-43-34(3,4)35(5,6)44-36/h7-19H,20-22H2,1-6H3,(H,40,41). The number of para-hydroxylation sites is 1. The number of carbonyl (C=O) groups is 1. The van der Waals surface area contributed by atoms with Crippen molar-refractivity contribution in [3.05, 3.63) is 95.9 Å². The van der Waals surface area contributed by atoms with Crippen molar-refractivity contribution in [3.8, 4) is 5.75 Å². The van der Waals surface area contributed by atoms with Gasteiger partial charge in [0.2, 0.25) is 0 Å². The quantitative estimate of drug-likeness (QED) is 0.205. The molecule has 226 valence electrons. The van der Waals surface area contributed by atoms with E-state index in [0.29, 0.717) is 24.7 Å². The molecule has 9 heteroatoms. The lowest BCUT2D eigenvalue weighted by Gasteiger charge is -2.32. The first-order valence-corrected chi connectivity index (χ1v) is 15.0. The average molecular weight is 592 g/mol. The van der Waals surface area contributed by atoms with Gasteiger partial charge >= 0.3 is 13.1 Å². The van der Waals surface area contributed by atoms with Crippen molar-refractivity contribution < 1.29 is 23.9 Å². The molecular weight excluding hydrogens is 553 g/mol. The van der Waals surface area contributed by atoms with E-state index in [4.69, 9.17) is 24.0 Å². The number of hydrogen-bond acceptors (Lipinski definition) is 6. The van der Waals surface area contributed by atoms with Crippen LogP contribution in [-0.4, -0.2) is 43.9 Å². The molecule has 0 atom stereocenters. The third-order valence-corrected chi connectivity index (χ3v) is 8.84. The Balaban J connectivity index is 1.29. The van der Waals surface area contributed by atoms with E-state index in [1.807, 2.05) is 94.4 Å². The summed E-state index contributed by atoms with van der Waals surface area (Å²) in [6.45, 7) is 12.5. The van der Waals surface area contributed by atoms with E-state index in [2.05, 4.69) is 16.7 Å². The van der Waals surface area contributed by atoms with E-state index in [1.54, 1.807) is 13.8 Å². The maximum Gasteiger partial charge on any atom is 0.494 e. The van der Waals surface area contributed by atoms with E-state index >= 15 is 0 Å². The number of nitrogens with zero attached hydrogens (tertiary/aromatic N) is 3. The smallest absolute Gasteiger partial charge is 0.487 e. The summed E-state index contributed by atoms with van der Waals surface area (Å²) < 4.78 is 20.8. The molecule has 1 aliphatic heterocycles. The number of pyridine rings is 1. The van der Waals surface area contributed by atoms with E-state index in [0.717, 1.165) is 38.7 Å². The number of fused-ring (bicyclic) bond motifs is 2. The Morgan fingerprint density at radius 1 is 0.909 bits per heavy atom. The van der Waals surface area contributed by atoms with Crippen LogP contribution < -0.4 is 10.2 Å². The van der Waals surface area contributed by atoms with Crippen molar-refractivity contribution in [1.29, 1.82) is 0 Å². The molecule has 0 radical (unpaired) electrons. The average Bonchev–Trinajstić information content (AvgIpc) is 3.41. The highest BCUT2D eigenvalue weighted by Gasteiger charge is 2.51. The molecule has 3 heterocycles. The third-order valence-electron chi connectivity index (χ3n) is 8.84. The maximum atomic E-state index is 12.1. The van der Waals surface area contributed by atoms with Gasteiger partial charge in [0.05, 0.1) is 38.9 Å². The number of benzene rings is 3. The Kier molecular flexibility index (Phi) is 7.50. The van der Waals surface area contributed by atoms with Gasteiger partial charge in [-0.1, -0.05) is 48.5 Å². The predicted octanol–water partition coefficient (Wildman–Crippen LogP) is 6.16. The molecule has 6 rings (SSSR count). The molecule has 1 saturated heterocycles. The number of carboxylic acids is 1. The molecule has 3 aromatic carbocycles. The highest BCUT2D eigenvalue weighted by molar-refractivity contribution is 6.62. The van der Waals surface area contributed by atoms with Crippen LogP contribution in [0.2, 0.25) is 0 Å². The van der Waals surface area contributed by atoms with Gasteiger partial charge in [-0.2, -0.15) is 0 Å². The maximum absolute atomic E-state index is 12.1. The van der Waals surface area contributed by atoms with Crippen molar-refractivity contribution >= 4 is 40.5 Å². The van der Waals surface area contributed by atoms with Crippen LogP contribution in [0.4, 0.5) is 0 Å². The summed E-state index contributed by atoms with van der Waals surface area (Å²) in [4.78, 5) is 21.7. The predicted molar refractivity (Wildman–Crippen MR) is 172 cm³/mol. The number of rotatable bonds is 9. The molecule has 1 aliphatic rings. The zero-order chi connectivity index (χ0) is 31.3. The molecule has 1 fully saturated rings. The van der Waals surface area contributed by atoms with Crippen molar-refractivity contribution in [2.24, 2.45) is 5.41 Å². The van der Waals surface area contributed by atoms with E-state index in [9.17, 15) is 9.90 Å². The van der Waals surface area contributed by atoms with Crippen LogP contribution in [0.25, 0.3) is 21.9 Å². The second-order valence-corrected chi connectivity index (χ2v) is 13.2. The Morgan fingerprint density at radius 3 is 2.41 bits per heavy atom. The van der Waals surface area contributed by atoms with Crippen LogP contribution in [0.3, 0.4) is 0 Å². The first-order chi connectivity index (χ1) is 20.8. The van der Waals surface area contributed by atoms with Crippen LogP contribution >= 0.6 is 0 Å². The second kappa shape index (κ2) is 11.1. The molecule has 0 bridgehead atoms. The largest absolute Gasteiger partial charge is 0.494 e. The molecule has 0 unspecified atom stereocenters. The van der Waals surface area contributed by atoms with Crippen LogP contribution in [-0.2, 0) is 33.7 Å². The summed E-state index contributed by atoms with van der Waals surface area (Å²) in [7, 11) is -0.471. The van der Waals surface area contributed by atoms with Gasteiger partial charge in [0.25, 0.3) is 0 Å². The van der Waals surface area contributed by atoms with Gasteiger partial charge in [0, 0.05) is 24.4 Å². The second-order valence-electron chi connectivity index (χ2n) is 13.2. The number of hydrogen-bond donors (Lipinski definition) is 1. The van der Waals surface area contributed by atoms with E-state index < -0.39 is 29.7 Å². The summed E-state index contributed by atoms with van der Waals surface area (Å²) in [5, 5.41) is 11.0. The summed E-state index contributed by atoms with van der Waals surface area (Å²) >= 11 is 0. The highest BCUT2D eigenvalue weighted by atomic mass is 16.7. The molecular formula is C35H38BN3O5. The number of carboxylic acid groups (broad SMARTS) is 1. The summed E-state index contributed by atoms with van der Waals surface area (Å²) in [5.41, 5.74) is 3.51. The molecule has 5 aromatic rings. The summed E-state index contributed by atoms with van der Waals surface area (Å²) in [5.74, 6) is 0.497. The third kappa shape index (κ3) is 5.82. The molecule has 0 amide bonds. The topological polar surface area (TPSA) is 95.7 Å². The molecule has 8 nitrogen and oxygen atoms in total. The van der Waals surface area contributed by atoms with E-state index in [1.165, 1.54) is 0 Å².